The van der Waals surface area contributed by atoms with E-state index in [2.05, 4.69) is 20.8 Å². The Balaban J connectivity index is 3.18. The van der Waals surface area contributed by atoms with Crippen LogP contribution in [0.1, 0.15) is 155 Å². The first-order chi connectivity index (χ1) is 12.8. The minimum Gasteiger partial charge on any atom is -0.0654 e. The summed E-state index contributed by atoms with van der Waals surface area (Å²) in [6.45, 7) is 8.77. The van der Waals surface area contributed by atoms with E-state index in [9.17, 15) is 0 Å². The van der Waals surface area contributed by atoms with Crippen LogP contribution in [0.5, 0.6) is 0 Å². The molecular weight excluding hydrogens is 312 g/mol. The lowest BCUT2D eigenvalue weighted by Crippen LogP contribution is -1.99. The van der Waals surface area contributed by atoms with E-state index in [1.54, 1.807) is 0 Å². The molecular formula is C26H53. The highest BCUT2D eigenvalue weighted by Gasteiger charge is 2.05. The fourth-order valence-electron chi connectivity index (χ4n) is 4.10. The molecule has 0 amide bonds. The van der Waals surface area contributed by atoms with Crippen LogP contribution in [0.3, 0.4) is 0 Å². The van der Waals surface area contributed by atoms with Gasteiger partial charge in [0.15, 0.2) is 0 Å². The van der Waals surface area contributed by atoms with Crippen molar-refractivity contribution in [3.05, 3.63) is 6.92 Å². The molecule has 1 atom stereocenters. The standard InChI is InChI=1S/C26H53/c1-4-7-9-11-12-13-14-15-16-17-18-19-20-21-23-25-26(6-3)24-22-10-8-5-2/h26H,3-25H2,1-2H3. The van der Waals surface area contributed by atoms with Gasteiger partial charge in [0.05, 0.1) is 0 Å². The third-order valence-electron chi connectivity index (χ3n) is 6.09. The predicted molar refractivity (Wildman–Crippen MR) is 122 cm³/mol. The zero-order valence-electron chi connectivity index (χ0n) is 18.8. The average Bonchev–Trinajstić information content (AvgIpc) is 2.66. The van der Waals surface area contributed by atoms with E-state index in [0.29, 0.717) is 0 Å². The van der Waals surface area contributed by atoms with E-state index in [-0.39, 0.29) is 0 Å². The first-order valence-corrected chi connectivity index (χ1v) is 12.6. The van der Waals surface area contributed by atoms with Gasteiger partial charge < -0.3 is 0 Å². The van der Waals surface area contributed by atoms with Crippen molar-refractivity contribution in [3.8, 4) is 0 Å². The van der Waals surface area contributed by atoms with Crippen molar-refractivity contribution in [2.45, 2.75) is 155 Å². The smallest absolute Gasteiger partial charge is 0.0414 e. The van der Waals surface area contributed by atoms with Gasteiger partial charge >= 0.3 is 0 Å². The quantitative estimate of drug-likeness (QED) is 0.167. The van der Waals surface area contributed by atoms with Crippen molar-refractivity contribution in [2.75, 3.05) is 0 Å². The second-order valence-corrected chi connectivity index (χ2v) is 8.74. The van der Waals surface area contributed by atoms with Crippen LogP contribution in [0.2, 0.25) is 0 Å². The van der Waals surface area contributed by atoms with Gasteiger partial charge in [-0.05, 0) is 5.92 Å². The van der Waals surface area contributed by atoms with Gasteiger partial charge in [-0.15, -0.1) is 0 Å². The van der Waals surface area contributed by atoms with E-state index in [0.717, 1.165) is 12.3 Å². The molecule has 0 aliphatic rings. The molecule has 0 nitrogen and oxygen atoms in total. The molecule has 1 unspecified atom stereocenters. The number of unbranched alkanes of at least 4 members (excludes halogenated alkanes) is 17. The van der Waals surface area contributed by atoms with Crippen molar-refractivity contribution >= 4 is 0 Å². The van der Waals surface area contributed by atoms with Crippen molar-refractivity contribution in [1.82, 2.24) is 0 Å². The van der Waals surface area contributed by atoms with Crippen LogP contribution in [0, 0.1) is 12.8 Å². The number of hydrogen-bond acceptors (Lipinski definition) is 0. The van der Waals surface area contributed by atoms with E-state index in [1.807, 2.05) is 0 Å². The molecule has 0 heteroatoms. The van der Waals surface area contributed by atoms with Gasteiger partial charge in [0, 0.05) is 0 Å². The van der Waals surface area contributed by atoms with Gasteiger partial charge in [0.2, 0.25) is 0 Å². The number of hydrogen-bond donors (Lipinski definition) is 0. The summed E-state index contributed by atoms with van der Waals surface area (Å²) in [5.74, 6) is 0.911. The predicted octanol–water partition coefficient (Wildman–Crippen LogP) is 10.1. The lowest BCUT2D eigenvalue weighted by atomic mass is 9.92. The maximum atomic E-state index is 4.17. The minimum absolute atomic E-state index is 0.911. The van der Waals surface area contributed by atoms with Crippen LogP contribution in [-0.2, 0) is 0 Å². The molecule has 0 rings (SSSR count). The molecule has 0 aromatic carbocycles. The third-order valence-corrected chi connectivity index (χ3v) is 6.09. The molecule has 0 saturated heterocycles. The second-order valence-electron chi connectivity index (χ2n) is 8.74. The molecule has 0 fully saturated rings. The summed E-state index contributed by atoms with van der Waals surface area (Å²) >= 11 is 0. The Kier molecular flexibility index (Phi) is 23.0. The summed E-state index contributed by atoms with van der Waals surface area (Å²) in [5, 5.41) is 0. The fourth-order valence-corrected chi connectivity index (χ4v) is 4.10. The Hall–Kier alpha value is 0. The molecule has 1 radical (unpaired) electrons. The zero-order valence-corrected chi connectivity index (χ0v) is 18.8. The third kappa shape index (κ3) is 20.3. The molecule has 0 aromatic heterocycles. The maximum Gasteiger partial charge on any atom is -0.0414 e. The molecule has 0 spiro atoms. The highest BCUT2D eigenvalue weighted by Crippen LogP contribution is 2.21. The van der Waals surface area contributed by atoms with Gasteiger partial charge in [0.1, 0.15) is 0 Å². The van der Waals surface area contributed by atoms with E-state index in [4.69, 9.17) is 0 Å². The van der Waals surface area contributed by atoms with Crippen LogP contribution in [0.4, 0.5) is 0 Å². The lowest BCUT2D eigenvalue weighted by Gasteiger charge is -2.14. The van der Waals surface area contributed by atoms with Crippen LogP contribution in [0.15, 0.2) is 0 Å². The summed E-state index contributed by atoms with van der Waals surface area (Å²) in [4.78, 5) is 0. The van der Waals surface area contributed by atoms with Gasteiger partial charge in [-0.1, -0.05) is 162 Å². The summed E-state index contributed by atoms with van der Waals surface area (Å²) in [6.07, 6.45) is 31.6. The molecule has 157 valence electrons. The number of rotatable bonds is 22. The Bertz CT molecular complexity index is 232. The molecule has 0 aliphatic heterocycles. The monoisotopic (exact) mass is 365 g/mol. The summed E-state index contributed by atoms with van der Waals surface area (Å²) in [5.41, 5.74) is 0. The molecule has 0 N–H and O–H groups in total. The van der Waals surface area contributed by atoms with Crippen LogP contribution >= 0.6 is 0 Å². The molecule has 0 heterocycles. The van der Waals surface area contributed by atoms with Crippen LogP contribution in [-0.4, -0.2) is 0 Å². The van der Waals surface area contributed by atoms with E-state index < -0.39 is 0 Å². The molecule has 26 heavy (non-hydrogen) atoms. The van der Waals surface area contributed by atoms with Crippen LogP contribution < -0.4 is 0 Å². The Labute approximate surface area is 168 Å². The Morgan fingerprint density at radius 2 is 0.692 bits per heavy atom. The van der Waals surface area contributed by atoms with Gasteiger partial charge in [0.25, 0.3) is 0 Å². The summed E-state index contributed by atoms with van der Waals surface area (Å²) in [7, 11) is 0. The lowest BCUT2D eigenvalue weighted by molar-refractivity contribution is 0.406. The van der Waals surface area contributed by atoms with Crippen molar-refractivity contribution in [3.63, 3.8) is 0 Å². The highest BCUT2D eigenvalue weighted by molar-refractivity contribution is 4.62. The topological polar surface area (TPSA) is 0 Å². The highest BCUT2D eigenvalue weighted by atomic mass is 14.1. The second kappa shape index (κ2) is 23.0. The summed E-state index contributed by atoms with van der Waals surface area (Å²) in [6, 6.07) is 0. The molecule has 0 aliphatic carbocycles. The zero-order chi connectivity index (χ0) is 19.1. The fraction of sp³-hybridized carbons (Fsp3) is 0.962. The molecule has 0 bridgehead atoms. The SMILES string of the molecule is [CH2]CC(CCCCCC)CCCCCCCCCCCCCCCCC. The maximum absolute atomic E-state index is 4.17. The van der Waals surface area contributed by atoms with Crippen LogP contribution in [0.25, 0.3) is 0 Å². The van der Waals surface area contributed by atoms with Gasteiger partial charge in [-0.2, -0.15) is 0 Å². The first-order valence-electron chi connectivity index (χ1n) is 12.6. The van der Waals surface area contributed by atoms with E-state index >= 15 is 0 Å². The van der Waals surface area contributed by atoms with Crippen molar-refractivity contribution in [1.29, 1.82) is 0 Å². The minimum atomic E-state index is 0.911. The summed E-state index contributed by atoms with van der Waals surface area (Å²) < 4.78 is 0. The Morgan fingerprint density at radius 3 is 1.00 bits per heavy atom. The van der Waals surface area contributed by atoms with Gasteiger partial charge in [-0.3, -0.25) is 0 Å². The normalized spacial score (nSPS) is 12.6. The van der Waals surface area contributed by atoms with Gasteiger partial charge in [-0.25, -0.2) is 0 Å². The molecule has 0 saturated carbocycles. The first kappa shape index (κ1) is 26.0. The average molecular weight is 366 g/mol. The largest absolute Gasteiger partial charge is 0.0654 e. The van der Waals surface area contributed by atoms with Crippen molar-refractivity contribution in [2.24, 2.45) is 5.92 Å². The van der Waals surface area contributed by atoms with Crippen molar-refractivity contribution < 1.29 is 0 Å². The Morgan fingerprint density at radius 1 is 0.423 bits per heavy atom. The molecule has 0 aromatic rings. The van der Waals surface area contributed by atoms with E-state index in [1.165, 1.54) is 135 Å².